The lowest BCUT2D eigenvalue weighted by Gasteiger charge is -2.34. The first-order valence-corrected chi connectivity index (χ1v) is 7.80. The number of aliphatic hydroxyl groups excluding tert-OH is 1. The molecule has 1 saturated heterocycles. The van der Waals surface area contributed by atoms with Crippen LogP contribution in [0.3, 0.4) is 0 Å². The topological polar surface area (TPSA) is 75.3 Å². The first kappa shape index (κ1) is 15.1. The van der Waals surface area contributed by atoms with Crippen LogP contribution in [0.15, 0.2) is 29.0 Å². The van der Waals surface area contributed by atoms with E-state index >= 15 is 0 Å². The standard InChI is InChI=1S/C16H22N4O2/c1-16(7-4-10-21)6-3-9-20(16)12-14-18-15(19-22-14)13-5-2-8-17-11-13/h2,5,8,11,21H,3-4,6-7,9-10,12H2,1H3/t16-/m0/s1. The Bertz CT molecular complexity index is 601. The SMILES string of the molecule is C[C@@]1(CCCO)CCCN1Cc1nc(-c2cccnc2)no1. The molecule has 0 aromatic carbocycles. The predicted octanol–water partition coefficient (Wildman–Crippen LogP) is 2.26. The lowest BCUT2D eigenvalue weighted by molar-refractivity contribution is 0.111. The second-order valence-electron chi connectivity index (χ2n) is 6.10. The van der Waals surface area contributed by atoms with Crippen molar-refractivity contribution in [3.8, 4) is 11.4 Å². The fourth-order valence-electron chi connectivity index (χ4n) is 3.19. The zero-order chi connectivity index (χ0) is 15.4. The summed E-state index contributed by atoms with van der Waals surface area (Å²) in [6, 6.07) is 3.78. The summed E-state index contributed by atoms with van der Waals surface area (Å²) in [7, 11) is 0. The lowest BCUT2D eigenvalue weighted by Crippen LogP contribution is -2.40. The third kappa shape index (κ3) is 3.18. The van der Waals surface area contributed by atoms with Crippen LogP contribution in [0.2, 0.25) is 0 Å². The van der Waals surface area contributed by atoms with Gasteiger partial charge in [0.05, 0.1) is 6.54 Å². The van der Waals surface area contributed by atoms with Gasteiger partial charge in [-0.05, 0) is 51.3 Å². The Kier molecular flexibility index (Phi) is 4.49. The van der Waals surface area contributed by atoms with Gasteiger partial charge in [0, 0.05) is 30.1 Å². The van der Waals surface area contributed by atoms with E-state index in [1.165, 1.54) is 6.42 Å². The van der Waals surface area contributed by atoms with Crippen molar-refractivity contribution < 1.29 is 9.63 Å². The Hall–Kier alpha value is -1.79. The highest BCUT2D eigenvalue weighted by molar-refractivity contribution is 5.51. The van der Waals surface area contributed by atoms with Crippen LogP contribution in [0, 0.1) is 0 Å². The molecule has 0 spiro atoms. The van der Waals surface area contributed by atoms with Gasteiger partial charge in [-0.2, -0.15) is 4.98 Å². The van der Waals surface area contributed by atoms with Crippen LogP contribution >= 0.6 is 0 Å². The van der Waals surface area contributed by atoms with Gasteiger partial charge >= 0.3 is 0 Å². The summed E-state index contributed by atoms with van der Waals surface area (Å²) in [4.78, 5) is 10.9. The van der Waals surface area contributed by atoms with Crippen LogP contribution in [0.1, 0.15) is 38.5 Å². The molecule has 3 heterocycles. The molecule has 118 valence electrons. The highest BCUT2D eigenvalue weighted by Gasteiger charge is 2.36. The molecule has 6 nitrogen and oxygen atoms in total. The second kappa shape index (κ2) is 6.54. The third-order valence-corrected chi connectivity index (χ3v) is 4.49. The Morgan fingerprint density at radius 1 is 1.45 bits per heavy atom. The van der Waals surface area contributed by atoms with E-state index in [1.807, 2.05) is 12.1 Å². The van der Waals surface area contributed by atoms with Crippen molar-refractivity contribution in [2.75, 3.05) is 13.2 Å². The smallest absolute Gasteiger partial charge is 0.241 e. The summed E-state index contributed by atoms with van der Waals surface area (Å²) in [6.07, 6.45) is 7.60. The molecule has 1 atom stereocenters. The van der Waals surface area contributed by atoms with E-state index < -0.39 is 0 Å². The number of pyridine rings is 1. The zero-order valence-corrected chi connectivity index (χ0v) is 12.9. The normalized spacial score (nSPS) is 22.3. The number of aliphatic hydroxyl groups is 1. The van der Waals surface area contributed by atoms with Gasteiger partial charge in [0.25, 0.3) is 0 Å². The highest BCUT2D eigenvalue weighted by atomic mass is 16.5. The van der Waals surface area contributed by atoms with Crippen molar-refractivity contribution in [3.05, 3.63) is 30.4 Å². The second-order valence-corrected chi connectivity index (χ2v) is 6.10. The minimum Gasteiger partial charge on any atom is -0.396 e. The molecule has 3 rings (SSSR count). The lowest BCUT2D eigenvalue weighted by atomic mass is 9.93. The van der Waals surface area contributed by atoms with Gasteiger partial charge in [-0.15, -0.1) is 0 Å². The Morgan fingerprint density at radius 2 is 2.36 bits per heavy atom. The van der Waals surface area contributed by atoms with Gasteiger partial charge < -0.3 is 9.63 Å². The predicted molar refractivity (Wildman–Crippen MR) is 81.9 cm³/mol. The van der Waals surface area contributed by atoms with E-state index in [2.05, 4.69) is 26.9 Å². The van der Waals surface area contributed by atoms with Crippen LogP contribution in [0.25, 0.3) is 11.4 Å². The van der Waals surface area contributed by atoms with Crippen LogP contribution in [-0.4, -0.2) is 43.8 Å². The summed E-state index contributed by atoms with van der Waals surface area (Å²) in [5.74, 6) is 1.22. The molecule has 1 fully saturated rings. The quantitative estimate of drug-likeness (QED) is 0.882. The molecule has 0 bridgehead atoms. The van der Waals surface area contributed by atoms with Gasteiger partial charge in [-0.25, -0.2) is 0 Å². The highest BCUT2D eigenvalue weighted by Crippen LogP contribution is 2.34. The molecule has 0 saturated carbocycles. The van der Waals surface area contributed by atoms with Gasteiger partial charge in [0.1, 0.15) is 0 Å². The number of likely N-dealkylation sites (tertiary alicyclic amines) is 1. The first-order valence-electron chi connectivity index (χ1n) is 7.80. The first-order chi connectivity index (χ1) is 10.7. The minimum absolute atomic E-state index is 0.117. The van der Waals surface area contributed by atoms with Crippen LogP contribution in [0.5, 0.6) is 0 Å². The molecule has 0 unspecified atom stereocenters. The van der Waals surface area contributed by atoms with E-state index in [-0.39, 0.29) is 12.1 Å². The molecule has 22 heavy (non-hydrogen) atoms. The summed E-state index contributed by atoms with van der Waals surface area (Å²) in [5.41, 5.74) is 0.980. The van der Waals surface area contributed by atoms with Crippen molar-refractivity contribution in [1.29, 1.82) is 0 Å². The maximum atomic E-state index is 9.08. The molecule has 0 amide bonds. The van der Waals surface area contributed by atoms with Gasteiger partial charge in [0.2, 0.25) is 11.7 Å². The van der Waals surface area contributed by atoms with Crippen molar-refractivity contribution in [2.45, 2.75) is 44.7 Å². The van der Waals surface area contributed by atoms with E-state index in [0.717, 1.165) is 31.4 Å². The molecule has 2 aromatic rings. The summed E-state index contributed by atoms with van der Waals surface area (Å²) in [5, 5.41) is 13.1. The van der Waals surface area contributed by atoms with Crippen molar-refractivity contribution in [1.82, 2.24) is 20.0 Å². The average Bonchev–Trinajstić information content (AvgIpc) is 3.15. The van der Waals surface area contributed by atoms with Gasteiger partial charge in [-0.3, -0.25) is 9.88 Å². The number of nitrogens with zero attached hydrogens (tertiary/aromatic N) is 4. The maximum Gasteiger partial charge on any atom is 0.241 e. The molecule has 6 heteroatoms. The summed E-state index contributed by atoms with van der Waals surface area (Å²) in [6.45, 7) is 4.20. The van der Waals surface area contributed by atoms with E-state index in [9.17, 15) is 0 Å². The molecule has 1 N–H and O–H groups in total. The number of rotatable bonds is 6. The minimum atomic E-state index is 0.117. The van der Waals surface area contributed by atoms with E-state index in [0.29, 0.717) is 18.3 Å². The fraction of sp³-hybridized carbons (Fsp3) is 0.562. The molecular weight excluding hydrogens is 280 g/mol. The fourth-order valence-corrected chi connectivity index (χ4v) is 3.19. The van der Waals surface area contributed by atoms with E-state index in [1.54, 1.807) is 12.4 Å². The monoisotopic (exact) mass is 302 g/mol. The average molecular weight is 302 g/mol. The molecule has 1 aliphatic rings. The third-order valence-electron chi connectivity index (χ3n) is 4.49. The van der Waals surface area contributed by atoms with Crippen molar-refractivity contribution >= 4 is 0 Å². The molecule has 1 aliphatic heterocycles. The molecule has 2 aromatic heterocycles. The van der Waals surface area contributed by atoms with Crippen LogP contribution in [-0.2, 0) is 6.54 Å². The van der Waals surface area contributed by atoms with Crippen molar-refractivity contribution in [2.24, 2.45) is 0 Å². The van der Waals surface area contributed by atoms with Gasteiger partial charge in [0.15, 0.2) is 0 Å². The molecular formula is C16H22N4O2. The Morgan fingerprint density at radius 3 is 3.14 bits per heavy atom. The van der Waals surface area contributed by atoms with Crippen LogP contribution in [0.4, 0.5) is 0 Å². The largest absolute Gasteiger partial charge is 0.396 e. The van der Waals surface area contributed by atoms with Gasteiger partial charge in [-0.1, -0.05) is 5.16 Å². The summed E-state index contributed by atoms with van der Waals surface area (Å²) >= 11 is 0. The summed E-state index contributed by atoms with van der Waals surface area (Å²) < 4.78 is 5.40. The number of hydrogen-bond acceptors (Lipinski definition) is 6. The zero-order valence-electron chi connectivity index (χ0n) is 12.9. The molecule has 0 aliphatic carbocycles. The Labute approximate surface area is 130 Å². The van der Waals surface area contributed by atoms with E-state index in [4.69, 9.17) is 9.63 Å². The Balaban J connectivity index is 1.69. The number of hydrogen-bond donors (Lipinski definition) is 1. The molecule has 0 radical (unpaired) electrons. The van der Waals surface area contributed by atoms with Crippen LogP contribution < -0.4 is 0 Å². The maximum absolute atomic E-state index is 9.08. The number of aromatic nitrogens is 3. The van der Waals surface area contributed by atoms with Crippen molar-refractivity contribution in [3.63, 3.8) is 0 Å².